The van der Waals surface area contributed by atoms with Gasteiger partial charge in [0.1, 0.15) is 11.2 Å². The summed E-state index contributed by atoms with van der Waals surface area (Å²) >= 11 is 0. The summed E-state index contributed by atoms with van der Waals surface area (Å²) in [5, 5.41) is 4.15. The second-order valence-corrected chi connectivity index (χ2v) is 5.76. The molecule has 4 rings (SSSR count). The molecule has 0 unspecified atom stereocenters. The lowest BCUT2D eigenvalue weighted by Gasteiger charge is -2.02. The minimum absolute atomic E-state index is 0.589. The van der Waals surface area contributed by atoms with Crippen LogP contribution >= 0.6 is 0 Å². The van der Waals surface area contributed by atoms with Gasteiger partial charge in [0, 0.05) is 31.6 Å². The van der Waals surface area contributed by atoms with E-state index in [4.69, 9.17) is 5.73 Å². The molecule has 122 valence electrons. The SMILES string of the molecule is CNc1nc2[nH]c(-c3cccc(CCN)n3)cc2c2c1ncn2C. The van der Waals surface area contributed by atoms with Crippen LogP contribution in [-0.4, -0.2) is 38.1 Å². The van der Waals surface area contributed by atoms with Crippen molar-refractivity contribution in [2.24, 2.45) is 12.8 Å². The molecule has 4 N–H and O–H groups in total. The predicted octanol–water partition coefficient (Wildman–Crippen LogP) is 2.05. The highest BCUT2D eigenvalue weighted by Gasteiger charge is 2.15. The fourth-order valence-corrected chi connectivity index (χ4v) is 3.03. The van der Waals surface area contributed by atoms with E-state index in [2.05, 4.69) is 31.3 Å². The van der Waals surface area contributed by atoms with Crippen molar-refractivity contribution in [3.8, 4) is 11.4 Å². The largest absolute Gasteiger partial charge is 0.371 e. The average Bonchev–Trinajstić information content (AvgIpc) is 3.18. The zero-order chi connectivity index (χ0) is 16.7. The molecule has 0 atom stereocenters. The number of H-pyrrole nitrogens is 1. The van der Waals surface area contributed by atoms with Crippen LogP contribution in [0.2, 0.25) is 0 Å². The van der Waals surface area contributed by atoms with E-state index < -0.39 is 0 Å². The topological polar surface area (TPSA) is 97.4 Å². The maximum Gasteiger partial charge on any atom is 0.156 e. The molecule has 0 amide bonds. The van der Waals surface area contributed by atoms with Crippen LogP contribution in [0.25, 0.3) is 33.5 Å². The van der Waals surface area contributed by atoms with Gasteiger partial charge in [-0.15, -0.1) is 0 Å². The average molecular weight is 321 g/mol. The van der Waals surface area contributed by atoms with E-state index >= 15 is 0 Å². The third-order valence-corrected chi connectivity index (χ3v) is 4.16. The number of rotatable bonds is 4. The van der Waals surface area contributed by atoms with Crippen LogP contribution in [0.15, 0.2) is 30.6 Å². The van der Waals surface area contributed by atoms with Gasteiger partial charge >= 0.3 is 0 Å². The van der Waals surface area contributed by atoms with Crippen LogP contribution in [0.3, 0.4) is 0 Å². The van der Waals surface area contributed by atoms with Crippen molar-refractivity contribution < 1.29 is 0 Å². The minimum atomic E-state index is 0.589. The second kappa shape index (κ2) is 5.61. The van der Waals surface area contributed by atoms with Crippen LogP contribution in [-0.2, 0) is 13.5 Å². The Balaban J connectivity index is 1.94. The smallest absolute Gasteiger partial charge is 0.156 e. The van der Waals surface area contributed by atoms with Gasteiger partial charge in [0.2, 0.25) is 0 Å². The Hall–Kier alpha value is -2.93. The van der Waals surface area contributed by atoms with Crippen molar-refractivity contribution in [1.29, 1.82) is 0 Å². The fraction of sp³-hybridized carbons (Fsp3) is 0.235. The third kappa shape index (κ3) is 2.21. The van der Waals surface area contributed by atoms with Crippen LogP contribution in [0.1, 0.15) is 5.69 Å². The molecular weight excluding hydrogens is 302 g/mol. The van der Waals surface area contributed by atoms with E-state index in [1.54, 1.807) is 6.33 Å². The molecule has 24 heavy (non-hydrogen) atoms. The van der Waals surface area contributed by atoms with Crippen LogP contribution < -0.4 is 11.1 Å². The van der Waals surface area contributed by atoms with Crippen molar-refractivity contribution in [1.82, 2.24) is 24.5 Å². The third-order valence-electron chi connectivity index (χ3n) is 4.16. The Bertz CT molecular complexity index is 1030. The van der Waals surface area contributed by atoms with Gasteiger partial charge in [-0.2, -0.15) is 0 Å². The lowest BCUT2D eigenvalue weighted by Crippen LogP contribution is -2.04. The summed E-state index contributed by atoms with van der Waals surface area (Å²) in [6.07, 6.45) is 2.57. The number of aromatic amines is 1. The number of aromatic nitrogens is 5. The Morgan fingerprint density at radius 3 is 2.96 bits per heavy atom. The molecule has 7 heteroatoms. The van der Waals surface area contributed by atoms with Crippen molar-refractivity contribution in [2.75, 3.05) is 18.9 Å². The van der Waals surface area contributed by atoms with E-state index in [9.17, 15) is 0 Å². The molecule has 4 heterocycles. The number of aryl methyl sites for hydroxylation is 1. The first-order valence-corrected chi connectivity index (χ1v) is 7.89. The fourth-order valence-electron chi connectivity index (χ4n) is 3.03. The van der Waals surface area contributed by atoms with E-state index in [-0.39, 0.29) is 0 Å². The minimum Gasteiger partial charge on any atom is -0.371 e. The number of fused-ring (bicyclic) bond motifs is 3. The summed E-state index contributed by atoms with van der Waals surface area (Å²) in [4.78, 5) is 17.2. The predicted molar refractivity (Wildman–Crippen MR) is 95.9 cm³/mol. The van der Waals surface area contributed by atoms with Crippen LogP contribution in [0.4, 0.5) is 5.82 Å². The Morgan fingerprint density at radius 2 is 2.17 bits per heavy atom. The Labute approximate surface area is 138 Å². The summed E-state index contributed by atoms with van der Waals surface area (Å²) in [7, 11) is 3.84. The molecule has 0 aliphatic carbocycles. The summed E-state index contributed by atoms with van der Waals surface area (Å²) in [6, 6.07) is 8.07. The molecule has 0 bridgehead atoms. The molecule has 7 nitrogen and oxygen atoms in total. The van der Waals surface area contributed by atoms with Crippen molar-refractivity contribution in [3.63, 3.8) is 0 Å². The first-order valence-electron chi connectivity index (χ1n) is 7.89. The Kier molecular flexibility index (Phi) is 3.42. The number of anilines is 1. The number of hydrogen-bond acceptors (Lipinski definition) is 5. The summed E-state index contributed by atoms with van der Waals surface area (Å²) in [5.74, 6) is 0.761. The van der Waals surface area contributed by atoms with Gasteiger partial charge in [-0.05, 0) is 24.7 Å². The van der Waals surface area contributed by atoms with Gasteiger partial charge < -0.3 is 20.6 Å². The first kappa shape index (κ1) is 14.6. The van der Waals surface area contributed by atoms with E-state index in [1.165, 1.54) is 0 Å². The normalized spacial score (nSPS) is 11.5. The molecule has 4 aromatic heterocycles. The molecule has 0 fully saturated rings. The van der Waals surface area contributed by atoms with E-state index in [0.29, 0.717) is 6.54 Å². The summed E-state index contributed by atoms with van der Waals surface area (Å²) in [5.41, 5.74) is 11.2. The molecule has 4 aromatic rings. The highest BCUT2D eigenvalue weighted by molar-refractivity contribution is 6.07. The standard InChI is InChI=1S/C17H19N7/c1-19-17-14-15(24(2)9-20-14)11-8-13(22-16(11)23-17)12-5-3-4-10(21-12)6-7-18/h3-5,8-9H,6-7,18H2,1-2H3,(H2,19,22,23). The van der Waals surface area contributed by atoms with Crippen molar-refractivity contribution >= 4 is 27.9 Å². The zero-order valence-electron chi connectivity index (χ0n) is 13.7. The van der Waals surface area contributed by atoms with Gasteiger partial charge in [-0.3, -0.25) is 4.98 Å². The number of pyridine rings is 2. The van der Waals surface area contributed by atoms with Gasteiger partial charge in [-0.1, -0.05) is 6.07 Å². The van der Waals surface area contributed by atoms with Gasteiger partial charge in [0.15, 0.2) is 5.82 Å². The number of nitrogens with two attached hydrogens (primary N) is 1. The van der Waals surface area contributed by atoms with Crippen LogP contribution in [0, 0.1) is 0 Å². The summed E-state index contributed by atoms with van der Waals surface area (Å²) < 4.78 is 2.01. The molecular formula is C17H19N7. The van der Waals surface area contributed by atoms with E-state index in [1.807, 2.05) is 36.9 Å². The second-order valence-electron chi connectivity index (χ2n) is 5.76. The van der Waals surface area contributed by atoms with Gasteiger partial charge in [-0.25, -0.2) is 9.97 Å². The van der Waals surface area contributed by atoms with E-state index in [0.717, 1.165) is 51.4 Å². The molecule has 0 aliphatic rings. The number of nitrogens with one attached hydrogen (secondary N) is 2. The highest BCUT2D eigenvalue weighted by atomic mass is 15.1. The van der Waals surface area contributed by atoms with Gasteiger partial charge in [0.05, 0.1) is 23.2 Å². The zero-order valence-corrected chi connectivity index (χ0v) is 13.7. The quantitative estimate of drug-likeness (QED) is 0.534. The lowest BCUT2D eigenvalue weighted by molar-refractivity contribution is 0.924. The maximum atomic E-state index is 5.64. The first-order chi connectivity index (χ1) is 11.7. The van der Waals surface area contributed by atoms with Gasteiger partial charge in [0.25, 0.3) is 0 Å². The molecule has 0 radical (unpaired) electrons. The number of hydrogen-bond donors (Lipinski definition) is 3. The number of imidazole rings is 1. The number of nitrogens with zero attached hydrogens (tertiary/aromatic N) is 4. The highest BCUT2D eigenvalue weighted by Crippen LogP contribution is 2.31. The lowest BCUT2D eigenvalue weighted by atomic mass is 10.2. The molecule has 0 saturated heterocycles. The Morgan fingerprint density at radius 1 is 1.29 bits per heavy atom. The monoisotopic (exact) mass is 321 g/mol. The molecule has 0 aromatic carbocycles. The molecule has 0 spiro atoms. The maximum absolute atomic E-state index is 5.64. The summed E-state index contributed by atoms with van der Waals surface area (Å²) in [6.45, 7) is 0.589. The van der Waals surface area contributed by atoms with Crippen LogP contribution in [0.5, 0.6) is 0 Å². The van der Waals surface area contributed by atoms with Crippen molar-refractivity contribution in [2.45, 2.75) is 6.42 Å². The van der Waals surface area contributed by atoms with Crippen molar-refractivity contribution in [3.05, 3.63) is 36.3 Å². The molecule has 0 saturated carbocycles. The molecule has 0 aliphatic heterocycles.